The molecule has 0 spiro atoms. The number of hydrogen-bond donors (Lipinski definition) is 9. The maximum absolute atomic E-state index is 10.7. The number of aliphatic hydroxyl groups is 8. The maximum Gasteiger partial charge on any atom is 0.187 e. The van der Waals surface area contributed by atoms with E-state index in [1.807, 2.05) is 0 Å². The van der Waals surface area contributed by atoms with Gasteiger partial charge in [-0.15, -0.1) is 0 Å². The van der Waals surface area contributed by atoms with Crippen LogP contribution in [0.2, 0.25) is 0 Å². The molecule has 3 heterocycles. The Kier molecular flexibility index (Phi) is 9.57. The third kappa shape index (κ3) is 5.39. The summed E-state index contributed by atoms with van der Waals surface area (Å²) in [5.41, 5.74) is 5.96. The van der Waals surface area contributed by atoms with E-state index in [2.05, 4.69) is 0 Å². The molecule has 0 saturated carbocycles. The molecule has 0 aromatic heterocycles. The average molecular weight is 501 g/mol. The third-order valence-electron chi connectivity index (χ3n) is 6.40. The second kappa shape index (κ2) is 11.6. The number of hydrogen-bond acceptors (Lipinski definition) is 15. The highest BCUT2D eigenvalue weighted by atomic mass is 16.7. The van der Waals surface area contributed by atoms with Gasteiger partial charge in [0, 0.05) is 7.11 Å². The summed E-state index contributed by atoms with van der Waals surface area (Å²) in [6, 6.07) is -0.665. The summed E-state index contributed by atoms with van der Waals surface area (Å²) >= 11 is 0. The van der Waals surface area contributed by atoms with Gasteiger partial charge >= 0.3 is 0 Å². The van der Waals surface area contributed by atoms with Crippen LogP contribution in [0.1, 0.15) is 6.92 Å². The molecule has 0 aromatic carbocycles. The molecule has 3 saturated heterocycles. The first-order valence-corrected chi connectivity index (χ1v) is 10.9. The maximum atomic E-state index is 10.7. The van der Waals surface area contributed by atoms with E-state index < -0.39 is 105 Å². The normalized spacial score (nSPS) is 52.5. The van der Waals surface area contributed by atoms with Crippen LogP contribution in [0.15, 0.2) is 0 Å². The van der Waals surface area contributed by atoms with E-state index in [1.54, 1.807) is 6.92 Å². The molecule has 3 fully saturated rings. The van der Waals surface area contributed by atoms with Crippen molar-refractivity contribution in [3.8, 4) is 0 Å². The molecule has 34 heavy (non-hydrogen) atoms. The van der Waals surface area contributed by atoms with Crippen molar-refractivity contribution in [2.45, 2.75) is 99.0 Å². The largest absolute Gasteiger partial charge is 0.394 e. The number of nitrogens with two attached hydrogens (primary N) is 1. The second-order valence-corrected chi connectivity index (χ2v) is 8.61. The molecule has 0 radical (unpaired) electrons. The molecular formula is C19H35NO14. The highest BCUT2D eigenvalue weighted by Gasteiger charge is 2.52. The summed E-state index contributed by atoms with van der Waals surface area (Å²) in [5, 5.41) is 80.8. The van der Waals surface area contributed by atoms with Crippen LogP contribution in [0.3, 0.4) is 0 Å². The van der Waals surface area contributed by atoms with Gasteiger partial charge in [0.15, 0.2) is 18.9 Å². The van der Waals surface area contributed by atoms with Crippen molar-refractivity contribution >= 4 is 0 Å². The Morgan fingerprint density at radius 3 is 1.71 bits per heavy atom. The van der Waals surface area contributed by atoms with Crippen LogP contribution in [-0.2, 0) is 28.4 Å². The zero-order chi connectivity index (χ0) is 25.3. The average Bonchev–Trinajstić information content (AvgIpc) is 2.82. The van der Waals surface area contributed by atoms with Gasteiger partial charge < -0.3 is 75.0 Å². The molecule has 15 heteroatoms. The van der Waals surface area contributed by atoms with Gasteiger partial charge in [0.2, 0.25) is 0 Å². The molecule has 15 atom stereocenters. The van der Waals surface area contributed by atoms with E-state index in [-0.39, 0.29) is 0 Å². The Labute approximate surface area is 195 Å². The highest BCUT2D eigenvalue weighted by Crippen LogP contribution is 2.32. The fraction of sp³-hybridized carbons (Fsp3) is 1.00. The number of aliphatic hydroxyl groups excluding tert-OH is 8. The molecule has 3 rings (SSSR count). The summed E-state index contributed by atoms with van der Waals surface area (Å²) in [4.78, 5) is 0. The van der Waals surface area contributed by atoms with E-state index in [0.717, 1.165) is 0 Å². The van der Waals surface area contributed by atoms with E-state index in [9.17, 15) is 40.9 Å². The minimum absolute atomic E-state index is 0.599. The minimum Gasteiger partial charge on any atom is -0.394 e. The van der Waals surface area contributed by atoms with Gasteiger partial charge in [0.05, 0.1) is 25.4 Å². The summed E-state index contributed by atoms with van der Waals surface area (Å²) < 4.78 is 32.4. The van der Waals surface area contributed by atoms with E-state index in [1.165, 1.54) is 7.11 Å². The van der Waals surface area contributed by atoms with Crippen LogP contribution in [-0.4, -0.2) is 153 Å². The first-order valence-electron chi connectivity index (χ1n) is 10.9. The molecule has 0 aromatic rings. The first-order chi connectivity index (χ1) is 16.0. The van der Waals surface area contributed by atoms with Crippen LogP contribution in [0.4, 0.5) is 0 Å². The topological polar surface area (TPSA) is 243 Å². The molecule has 15 nitrogen and oxygen atoms in total. The van der Waals surface area contributed by atoms with Crippen LogP contribution >= 0.6 is 0 Å². The fourth-order valence-corrected chi connectivity index (χ4v) is 4.32. The molecule has 200 valence electrons. The Hall–Kier alpha value is -0.600. The lowest BCUT2D eigenvalue weighted by molar-refractivity contribution is -0.373. The van der Waals surface area contributed by atoms with Gasteiger partial charge in [0.25, 0.3) is 0 Å². The Morgan fingerprint density at radius 2 is 1.18 bits per heavy atom. The molecule has 0 bridgehead atoms. The lowest BCUT2D eigenvalue weighted by Crippen LogP contribution is -2.67. The quantitative estimate of drug-likeness (QED) is 0.158. The smallest absolute Gasteiger partial charge is 0.187 e. The third-order valence-corrected chi connectivity index (χ3v) is 6.40. The van der Waals surface area contributed by atoms with Crippen molar-refractivity contribution in [1.29, 1.82) is 0 Å². The van der Waals surface area contributed by atoms with E-state index in [4.69, 9.17) is 34.2 Å². The Morgan fingerprint density at radius 1 is 0.676 bits per heavy atom. The zero-order valence-corrected chi connectivity index (χ0v) is 18.7. The monoisotopic (exact) mass is 501 g/mol. The predicted octanol–water partition coefficient (Wildman–Crippen LogP) is -5.92. The van der Waals surface area contributed by atoms with Crippen LogP contribution < -0.4 is 5.73 Å². The van der Waals surface area contributed by atoms with Gasteiger partial charge in [-0.2, -0.15) is 0 Å². The van der Waals surface area contributed by atoms with Crippen LogP contribution in [0.25, 0.3) is 0 Å². The summed E-state index contributed by atoms with van der Waals surface area (Å²) in [5.74, 6) is 0. The summed E-state index contributed by atoms with van der Waals surface area (Å²) in [6.07, 6.45) is -20.1. The summed E-state index contributed by atoms with van der Waals surface area (Å²) in [7, 11) is 1.35. The second-order valence-electron chi connectivity index (χ2n) is 8.61. The van der Waals surface area contributed by atoms with E-state index >= 15 is 0 Å². The van der Waals surface area contributed by atoms with E-state index in [0.29, 0.717) is 0 Å². The van der Waals surface area contributed by atoms with Gasteiger partial charge in [0.1, 0.15) is 61.0 Å². The Bertz CT molecular complexity index is 642. The van der Waals surface area contributed by atoms with Gasteiger partial charge in [-0.25, -0.2) is 0 Å². The lowest BCUT2D eigenvalue weighted by atomic mass is 9.95. The SMILES string of the molecule is COC1C(N)C(C)OC(OC2C(CO)OC(OC3C(CO)OC(O)C(O)[C@H]3O)C(O)C2O)C1O. The van der Waals surface area contributed by atoms with Gasteiger partial charge in [-0.05, 0) is 6.92 Å². The first kappa shape index (κ1) is 28.0. The predicted molar refractivity (Wildman–Crippen MR) is 107 cm³/mol. The molecule has 3 aliphatic heterocycles. The molecule has 10 N–H and O–H groups in total. The van der Waals surface area contributed by atoms with Crippen LogP contribution in [0, 0.1) is 0 Å². The van der Waals surface area contributed by atoms with Crippen molar-refractivity contribution in [3.05, 3.63) is 0 Å². The van der Waals surface area contributed by atoms with Crippen molar-refractivity contribution in [1.82, 2.24) is 0 Å². The Balaban J connectivity index is 1.72. The summed E-state index contributed by atoms with van der Waals surface area (Å²) in [6.45, 7) is 0.202. The highest BCUT2D eigenvalue weighted by molar-refractivity contribution is 4.96. The molecule has 0 aliphatic carbocycles. The van der Waals surface area contributed by atoms with Crippen molar-refractivity contribution < 1.29 is 69.3 Å². The van der Waals surface area contributed by atoms with Crippen molar-refractivity contribution in [2.24, 2.45) is 5.73 Å². The minimum atomic E-state index is -1.80. The molecule has 14 unspecified atom stereocenters. The van der Waals surface area contributed by atoms with Crippen molar-refractivity contribution in [2.75, 3.05) is 20.3 Å². The number of rotatable bonds is 7. The lowest BCUT2D eigenvalue weighted by Gasteiger charge is -2.48. The molecule has 0 amide bonds. The molecule has 3 aliphatic rings. The van der Waals surface area contributed by atoms with Crippen LogP contribution in [0.5, 0.6) is 0 Å². The number of methoxy groups -OCH3 is 1. The van der Waals surface area contributed by atoms with Gasteiger partial charge in [-0.1, -0.05) is 0 Å². The number of ether oxygens (including phenoxy) is 6. The van der Waals surface area contributed by atoms with Crippen molar-refractivity contribution in [3.63, 3.8) is 0 Å². The fourth-order valence-electron chi connectivity index (χ4n) is 4.32. The zero-order valence-electron chi connectivity index (χ0n) is 18.7. The van der Waals surface area contributed by atoms with Gasteiger partial charge in [-0.3, -0.25) is 0 Å². The standard InChI is InChI=1S/C19H35NO14/c1-5-8(20)16(29-2)13(27)19(30-5)34-15-7(4-22)32-18(12(26)10(15)24)33-14-6(3-21)31-17(28)11(25)9(14)23/h5-19,21-28H,3-4,20H2,1-2H3/t5?,6?,7?,8?,9-,10?,11?,12?,13?,14?,15?,16?,17?,18?,19?/m1/s1. The molecular weight excluding hydrogens is 466 g/mol.